The van der Waals surface area contributed by atoms with Gasteiger partial charge in [-0.3, -0.25) is 4.79 Å². The molecule has 0 saturated carbocycles. The molecule has 3 aromatic rings. The smallest absolute Gasteiger partial charge is 0.246 e. The van der Waals surface area contributed by atoms with Crippen LogP contribution in [0.2, 0.25) is 0 Å². The predicted molar refractivity (Wildman–Crippen MR) is 106 cm³/mol. The van der Waals surface area contributed by atoms with E-state index >= 15 is 0 Å². The molecule has 6 heteroatoms. The number of benzene rings is 2. The van der Waals surface area contributed by atoms with Crippen molar-refractivity contribution in [2.75, 3.05) is 7.05 Å². The lowest BCUT2D eigenvalue weighted by atomic mass is 10.1. The maximum absolute atomic E-state index is 12.5. The number of aromatic nitrogens is 3. The lowest BCUT2D eigenvalue weighted by molar-refractivity contribution is -0.126. The number of hydrogen-bond acceptors (Lipinski definition) is 3. The van der Waals surface area contributed by atoms with E-state index in [4.69, 9.17) is 0 Å². The van der Waals surface area contributed by atoms with Gasteiger partial charge in [0.2, 0.25) is 5.91 Å². The van der Waals surface area contributed by atoms with E-state index in [1.165, 1.54) is 6.33 Å². The molecular formula is C20H19BrN4O. The summed E-state index contributed by atoms with van der Waals surface area (Å²) < 4.78 is 2.71. The maximum Gasteiger partial charge on any atom is 0.246 e. The standard InChI is InChI=1S/C20H19BrN4O/c1-15(17-6-10-19(11-7-17)25-14-22-13-23-25)24(2)20(26)12-5-16-3-8-18(21)9-4-16/h3-15H,1-2H3/b12-5+/t15-/m1/s1. The molecule has 0 bridgehead atoms. The first-order chi connectivity index (χ1) is 12.5. The topological polar surface area (TPSA) is 51.0 Å². The zero-order valence-electron chi connectivity index (χ0n) is 14.6. The molecule has 3 rings (SSSR count). The van der Waals surface area contributed by atoms with Crippen LogP contribution in [0.3, 0.4) is 0 Å². The van der Waals surface area contributed by atoms with E-state index in [1.54, 1.807) is 22.0 Å². The van der Waals surface area contributed by atoms with Crippen molar-refractivity contribution in [3.05, 3.63) is 82.9 Å². The summed E-state index contributed by atoms with van der Waals surface area (Å²) >= 11 is 3.40. The van der Waals surface area contributed by atoms with Gasteiger partial charge in [-0.25, -0.2) is 9.67 Å². The highest BCUT2D eigenvalue weighted by Crippen LogP contribution is 2.21. The fraction of sp³-hybridized carbons (Fsp3) is 0.150. The Bertz CT molecular complexity index is 887. The number of halogens is 1. The normalized spacial score (nSPS) is 12.3. The number of nitrogens with zero attached hydrogens (tertiary/aromatic N) is 4. The zero-order valence-corrected chi connectivity index (χ0v) is 16.2. The van der Waals surface area contributed by atoms with Gasteiger partial charge in [-0.05, 0) is 48.4 Å². The quantitative estimate of drug-likeness (QED) is 0.590. The van der Waals surface area contributed by atoms with E-state index in [0.29, 0.717) is 0 Å². The van der Waals surface area contributed by atoms with Crippen molar-refractivity contribution in [1.29, 1.82) is 0 Å². The van der Waals surface area contributed by atoms with Crippen molar-refractivity contribution in [1.82, 2.24) is 19.7 Å². The second kappa shape index (κ2) is 8.10. The summed E-state index contributed by atoms with van der Waals surface area (Å²) in [5.74, 6) is -0.0410. The molecule has 0 N–H and O–H groups in total. The monoisotopic (exact) mass is 410 g/mol. The third kappa shape index (κ3) is 4.26. The molecule has 5 nitrogen and oxygen atoms in total. The molecule has 0 fully saturated rings. The molecule has 132 valence electrons. The van der Waals surface area contributed by atoms with Gasteiger partial charge in [-0.2, -0.15) is 5.10 Å². The lowest BCUT2D eigenvalue weighted by Gasteiger charge is -2.24. The largest absolute Gasteiger partial charge is 0.335 e. The van der Waals surface area contributed by atoms with Gasteiger partial charge in [0.05, 0.1) is 11.7 Å². The molecule has 2 aromatic carbocycles. The van der Waals surface area contributed by atoms with Crippen LogP contribution >= 0.6 is 15.9 Å². The van der Waals surface area contributed by atoms with Crippen molar-refractivity contribution >= 4 is 27.9 Å². The van der Waals surface area contributed by atoms with Crippen LogP contribution in [0.1, 0.15) is 24.1 Å². The second-order valence-corrected chi connectivity index (χ2v) is 6.86. The van der Waals surface area contributed by atoms with Crippen LogP contribution in [0.5, 0.6) is 0 Å². The molecule has 0 unspecified atom stereocenters. The molecule has 0 aliphatic heterocycles. The van der Waals surface area contributed by atoms with Crippen LogP contribution in [-0.4, -0.2) is 32.6 Å². The Morgan fingerprint density at radius 3 is 2.46 bits per heavy atom. The van der Waals surface area contributed by atoms with Crippen molar-refractivity contribution in [3.8, 4) is 5.69 Å². The highest BCUT2D eigenvalue weighted by Gasteiger charge is 2.15. The number of carbonyl (C=O) groups excluding carboxylic acids is 1. The minimum absolute atomic E-state index is 0.0399. The molecule has 0 radical (unpaired) electrons. The summed E-state index contributed by atoms with van der Waals surface area (Å²) in [7, 11) is 1.81. The number of likely N-dealkylation sites (N-methyl/N-ethyl adjacent to an activating group) is 1. The van der Waals surface area contributed by atoms with Crippen LogP contribution in [-0.2, 0) is 4.79 Å². The zero-order chi connectivity index (χ0) is 18.5. The summed E-state index contributed by atoms with van der Waals surface area (Å²) in [6.07, 6.45) is 6.58. The molecule has 1 aromatic heterocycles. The molecule has 1 atom stereocenters. The molecule has 0 saturated heterocycles. The number of hydrogen-bond donors (Lipinski definition) is 0. The second-order valence-electron chi connectivity index (χ2n) is 5.94. The molecule has 0 aliphatic carbocycles. The van der Waals surface area contributed by atoms with E-state index in [1.807, 2.05) is 68.6 Å². The highest BCUT2D eigenvalue weighted by atomic mass is 79.9. The average Bonchev–Trinajstić information content (AvgIpc) is 3.21. The first kappa shape index (κ1) is 18.1. The highest BCUT2D eigenvalue weighted by molar-refractivity contribution is 9.10. The van der Waals surface area contributed by atoms with Crippen molar-refractivity contribution in [2.24, 2.45) is 0 Å². The molecule has 0 aliphatic rings. The first-order valence-corrected chi connectivity index (χ1v) is 8.99. The van der Waals surface area contributed by atoms with Crippen LogP contribution in [0.25, 0.3) is 11.8 Å². The Labute approximate surface area is 161 Å². The number of amides is 1. The van der Waals surface area contributed by atoms with Gasteiger partial charge in [0.1, 0.15) is 12.7 Å². The third-order valence-electron chi connectivity index (χ3n) is 4.28. The maximum atomic E-state index is 12.5. The van der Waals surface area contributed by atoms with Crippen LogP contribution in [0.4, 0.5) is 0 Å². The summed E-state index contributed by atoms with van der Waals surface area (Å²) in [5.41, 5.74) is 2.98. The van der Waals surface area contributed by atoms with Crippen LogP contribution in [0.15, 0.2) is 71.7 Å². The SMILES string of the molecule is C[C@H](c1ccc(-n2cncn2)cc1)N(C)C(=O)/C=C/c1ccc(Br)cc1. The van der Waals surface area contributed by atoms with Gasteiger partial charge in [-0.1, -0.05) is 40.2 Å². The molecule has 26 heavy (non-hydrogen) atoms. The Balaban J connectivity index is 1.67. The third-order valence-corrected chi connectivity index (χ3v) is 4.80. The van der Waals surface area contributed by atoms with Crippen molar-refractivity contribution < 1.29 is 4.79 Å². The Morgan fingerprint density at radius 1 is 1.15 bits per heavy atom. The van der Waals surface area contributed by atoms with E-state index in [2.05, 4.69) is 26.0 Å². The van der Waals surface area contributed by atoms with Crippen molar-refractivity contribution in [3.63, 3.8) is 0 Å². The number of rotatable bonds is 5. The van der Waals surface area contributed by atoms with Crippen LogP contribution in [0, 0.1) is 0 Å². The number of carbonyl (C=O) groups is 1. The minimum Gasteiger partial charge on any atom is -0.335 e. The summed E-state index contributed by atoms with van der Waals surface area (Å²) in [5, 5.41) is 4.11. The Hall–Kier alpha value is -2.73. The van der Waals surface area contributed by atoms with Gasteiger partial charge < -0.3 is 4.90 Å². The Morgan fingerprint density at radius 2 is 1.85 bits per heavy atom. The van der Waals surface area contributed by atoms with Crippen LogP contribution < -0.4 is 0 Å². The van der Waals surface area contributed by atoms with E-state index in [9.17, 15) is 4.79 Å². The fourth-order valence-corrected chi connectivity index (χ4v) is 2.78. The fourth-order valence-electron chi connectivity index (χ4n) is 2.52. The predicted octanol–water partition coefficient (Wildman–Crippen LogP) is 4.26. The van der Waals surface area contributed by atoms with Gasteiger partial charge in [0.25, 0.3) is 0 Å². The molecule has 1 amide bonds. The summed E-state index contributed by atoms with van der Waals surface area (Å²) in [4.78, 5) is 18.1. The molecule has 0 spiro atoms. The van der Waals surface area contributed by atoms with Crippen molar-refractivity contribution in [2.45, 2.75) is 13.0 Å². The van der Waals surface area contributed by atoms with E-state index in [0.717, 1.165) is 21.3 Å². The average molecular weight is 411 g/mol. The van der Waals surface area contributed by atoms with E-state index < -0.39 is 0 Å². The lowest BCUT2D eigenvalue weighted by Crippen LogP contribution is -2.27. The van der Waals surface area contributed by atoms with Gasteiger partial charge >= 0.3 is 0 Å². The first-order valence-electron chi connectivity index (χ1n) is 8.20. The van der Waals surface area contributed by atoms with Gasteiger partial charge in [0, 0.05) is 17.6 Å². The molecule has 1 heterocycles. The summed E-state index contributed by atoms with van der Waals surface area (Å²) in [6.45, 7) is 2.01. The summed E-state index contributed by atoms with van der Waals surface area (Å²) in [6, 6.07) is 15.7. The van der Waals surface area contributed by atoms with Gasteiger partial charge in [-0.15, -0.1) is 0 Å². The Kier molecular flexibility index (Phi) is 5.63. The minimum atomic E-state index is -0.0410. The van der Waals surface area contributed by atoms with E-state index in [-0.39, 0.29) is 11.9 Å². The van der Waals surface area contributed by atoms with Gasteiger partial charge in [0.15, 0.2) is 0 Å². The molecular weight excluding hydrogens is 392 g/mol.